The van der Waals surface area contributed by atoms with Gasteiger partial charge < -0.3 is 10.1 Å². The molecule has 2 N–H and O–H groups in total. The molecule has 1 aromatic carbocycles. The molecule has 0 bridgehead atoms. The third kappa shape index (κ3) is 6.06. The molecule has 1 aromatic rings. The lowest BCUT2D eigenvalue weighted by molar-refractivity contribution is 0.0976. The Labute approximate surface area is 157 Å². The lowest BCUT2D eigenvalue weighted by atomic mass is 10.1. The van der Waals surface area contributed by atoms with E-state index in [1.54, 1.807) is 18.2 Å². The van der Waals surface area contributed by atoms with Gasteiger partial charge in [0.15, 0.2) is 5.11 Å². The van der Waals surface area contributed by atoms with Crippen molar-refractivity contribution in [1.82, 2.24) is 10.6 Å². The van der Waals surface area contributed by atoms with Gasteiger partial charge in [-0.25, -0.2) is 0 Å². The van der Waals surface area contributed by atoms with E-state index < -0.39 is 0 Å². The summed E-state index contributed by atoms with van der Waals surface area (Å²) >= 11 is 8.74. The van der Waals surface area contributed by atoms with Crippen LogP contribution in [-0.2, 0) is 0 Å². The first-order valence-corrected chi connectivity index (χ1v) is 9.84. The molecule has 24 heavy (non-hydrogen) atoms. The molecule has 0 heterocycles. The van der Waals surface area contributed by atoms with Crippen LogP contribution < -0.4 is 15.4 Å². The van der Waals surface area contributed by atoms with Crippen LogP contribution in [0.2, 0.25) is 0 Å². The molecule has 4 nitrogen and oxygen atoms in total. The molecule has 1 amide bonds. The number of amides is 1. The molecule has 132 valence electrons. The molecular weight excluding hydrogens is 388 g/mol. The van der Waals surface area contributed by atoms with E-state index in [0.717, 1.165) is 29.5 Å². The van der Waals surface area contributed by atoms with Gasteiger partial charge in [0.1, 0.15) is 5.75 Å². The van der Waals surface area contributed by atoms with Crippen LogP contribution in [0.5, 0.6) is 5.75 Å². The maximum atomic E-state index is 12.3. The predicted molar refractivity (Wildman–Crippen MR) is 105 cm³/mol. The Kier molecular flexibility index (Phi) is 7.99. The normalized spacial score (nSPS) is 15.4. The summed E-state index contributed by atoms with van der Waals surface area (Å²) in [7, 11) is 0. The molecule has 0 spiro atoms. The van der Waals surface area contributed by atoms with Crippen molar-refractivity contribution < 1.29 is 9.53 Å². The van der Waals surface area contributed by atoms with Crippen LogP contribution >= 0.6 is 28.1 Å². The zero-order valence-corrected chi connectivity index (χ0v) is 16.5. The molecular formula is C18H25BrN2O2S. The zero-order valence-electron chi connectivity index (χ0n) is 14.1. The average Bonchev–Trinajstić information content (AvgIpc) is 2.82. The van der Waals surface area contributed by atoms with E-state index >= 15 is 0 Å². The second-order valence-corrected chi connectivity index (χ2v) is 7.37. The maximum absolute atomic E-state index is 12.3. The Balaban J connectivity index is 1.88. The predicted octanol–water partition coefficient (Wildman–Crippen LogP) is 4.57. The third-order valence-corrected chi connectivity index (χ3v) is 4.91. The first-order valence-electron chi connectivity index (χ1n) is 8.64. The van der Waals surface area contributed by atoms with Gasteiger partial charge in [0.2, 0.25) is 0 Å². The van der Waals surface area contributed by atoms with Crippen LogP contribution in [0.25, 0.3) is 0 Å². The van der Waals surface area contributed by atoms with Crippen molar-refractivity contribution in [3.8, 4) is 5.75 Å². The lowest BCUT2D eigenvalue weighted by Gasteiger charge is -2.18. The van der Waals surface area contributed by atoms with Gasteiger partial charge in [-0.05, 0) is 65.6 Å². The summed E-state index contributed by atoms with van der Waals surface area (Å²) in [4.78, 5) is 12.3. The number of benzene rings is 1. The quantitative estimate of drug-likeness (QED) is 0.549. The Bertz CT molecular complexity index is 572. The molecule has 6 heteroatoms. The SMILES string of the molecule is CCCOc1ccc(C(=O)NC(=S)NC2CCCCCC2)cc1Br. The Morgan fingerprint density at radius 3 is 2.62 bits per heavy atom. The van der Waals surface area contributed by atoms with Crippen molar-refractivity contribution in [2.45, 2.75) is 57.9 Å². The third-order valence-electron chi connectivity index (χ3n) is 4.07. The summed E-state index contributed by atoms with van der Waals surface area (Å²) in [6.07, 6.45) is 8.20. The van der Waals surface area contributed by atoms with Crippen molar-refractivity contribution >= 4 is 39.2 Å². The largest absolute Gasteiger partial charge is 0.492 e. The van der Waals surface area contributed by atoms with E-state index in [4.69, 9.17) is 17.0 Å². The fraction of sp³-hybridized carbons (Fsp3) is 0.556. The summed E-state index contributed by atoms with van der Waals surface area (Å²) < 4.78 is 6.37. The van der Waals surface area contributed by atoms with Crippen LogP contribution in [0.4, 0.5) is 0 Å². The number of hydrogen-bond acceptors (Lipinski definition) is 3. The summed E-state index contributed by atoms with van der Waals surface area (Å²) in [6, 6.07) is 5.68. The van der Waals surface area contributed by atoms with Gasteiger partial charge in [0, 0.05) is 11.6 Å². The fourth-order valence-electron chi connectivity index (χ4n) is 2.79. The van der Waals surface area contributed by atoms with Crippen LogP contribution in [0.3, 0.4) is 0 Å². The van der Waals surface area contributed by atoms with Gasteiger partial charge in [0.05, 0.1) is 11.1 Å². The van der Waals surface area contributed by atoms with Crippen molar-refractivity contribution in [2.75, 3.05) is 6.61 Å². The van der Waals surface area contributed by atoms with Gasteiger partial charge in [-0.3, -0.25) is 10.1 Å². The summed E-state index contributed by atoms with van der Waals surface area (Å²) in [6.45, 7) is 2.71. The molecule has 1 aliphatic rings. The minimum atomic E-state index is -0.205. The smallest absolute Gasteiger partial charge is 0.257 e. The van der Waals surface area contributed by atoms with Crippen LogP contribution in [0, 0.1) is 0 Å². The number of hydrogen-bond donors (Lipinski definition) is 2. The van der Waals surface area contributed by atoms with E-state index in [9.17, 15) is 4.79 Å². The van der Waals surface area contributed by atoms with E-state index in [1.807, 2.05) is 0 Å². The Hall–Kier alpha value is -1.14. The summed E-state index contributed by atoms with van der Waals surface area (Å²) in [5.41, 5.74) is 0.552. The van der Waals surface area contributed by atoms with Crippen molar-refractivity contribution in [3.05, 3.63) is 28.2 Å². The van der Waals surface area contributed by atoms with Crippen molar-refractivity contribution in [3.63, 3.8) is 0 Å². The maximum Gasteiger partial charge on any atom is 0.257 e. The number of carbonyl (C=O) groups excluding carboxylic acids is 1. The Morgan fingerprint density at radius 2 is 2.00 bits per heavy atom. The molecule has 0 saturated heterocycles. The molecule has 0 unspecified atom stereocenters. The van der Waals surface area contributed by atoms with Gasteiger partial charge in [0.25, 0.3) is 5.91 Å². The minimum Gasteiger partial charge on any atom is -0.492 e. The average molecular weight is 413 g/mol. The molecule has 0 radical (unpaired) electrons. The van der Waals surface area contributed by atoms with Gasteiger partial charge in [-0.15, -0.1) is 0 Å². The number of halogens is 1. The number of carbonyl (C=O) groups is 1. The molecule has 1 fully saturated rings. The van der Waals surface area contributed by atoms with E-state index in [1.165, 1.54) is 25.7 Å². The molecule has 0 atom stereocenters. The zero-order chi connectivity index (χ0) is 17.4. The topological polar surface area (TPSA) is 50.4 Å². The highest BCUT2D eigenvalue weighted by molar-refractivity contribution is 9.10. The second kappa shape index (κ2) is 9.99. The van der Waals surface area contributed by atoms with Crippen molar-refractivity contribution in [1.29, 1.82) is 0 Å². The number of thiocarbonyl (C=S) groups is 1. The second-order valence-electron chi connectivity index (χ2n) is 6.11. The highest BCUT2D eigenvalue weighted by Crippen LogP contribution is 2.26. The van der Waals surface area contributed by atoms with Crippen LogP contribution in [-0.4, -0.2) is 23.7 Å². The number of rotatable bonds is 5. The summed E-state index contributed by atoms with van der Waals surface area (Å²) in [5, 5.41) is 6.46. The summed E-state index contributed by atoms with van der Waals surface area (Å²) in [5.74, 6) is 0.538. The molecule has 2 rings (SSSR count). The standard InChI is InChI=1S/C18H25BrN2O2S/c1-2-11-23-16-10-9-13(12-15(16)19)17(22)21-18(24)20-14-7-5-3-4-6-8-14/h9-10,12,14H,2-8,11H2,1H3,(H2,20,21,22,24). The van der Waals surface area contributed by atoms with Crippen LogP contribution in [0.15, 0.2) is 22.7 Å². The van der Waals surface area contributed by atoms with Gasteiger partial charge >= 0.3 is 0 Å². The van der Waals surface area contributed by atoms with Crippen molar-refractivity contribution in [2.24, 2.45) is 0 Å². The molecule has 1 aliphatic carbocycles. The lowest BCUT2D eigenvalue weighted by Crippen LogP contribution is -2.44. The molecule has 0 aliphatic heterocycles. The highest BCUT2D eigenvalue weighted by atomic mass is 79.9. The first kappa shape index (κ1) is 19.2. The fourth-order valence-corrected chi connectivity index (χ4v) is 3.54. The molecule has 0 aromatic heterocycles. The Morgan fingerprint density at radius 1 is 1.29 bits per heavy atom. The number of nitrogens with one attached hydrogen (secondary N) is 2. The van der Waals surface area contributed by atoms with E-state index in [-0.39, 0.29) is 5.91 Å². The number of ether oxygens (including phenoxy) is 1. The highest BCUT2D eigenvalue weighted by Gasteiger charge is 2.15. The van der Waals surface area contributed by atoms with E-state index in [2.05, 4.69) is 33.5 Å². The van der Waals surface area contributed by atoms with E-state index in [0.29, 0.717) is 23.3 Å². The monoisotopic (exact) mass is 412 g/mol. The van der Waals surface area contributed by atoms with Gasteiger partial charge in [-0.1, -0.05) is 32.6 Å². The minimum absolute atomic E-state index is 0.205. The molecule has 1 saturated carbocycles. The van der Waals surface area contributed by atoms with Gasteiger partial charge in [-0.2, -0.15) is 0 Å². The first-order chi connectivity index (χ1) is 11.6. The van der Waals surface area contributed by atoms with Crippen LogP contribution in [0.1, 0.15) is 62.2 Å².